The van der Waals surface area contributed by atoms with Crippen LogP contribution >= 0.6 is 11.3 Å². The van der Waals surface area contributed by atoms with Gasteiger partial charge in [-0.05, 0) is 26.7 Å². The van der Waals surface area contributed by atoms with E-state index in [4.69, 9.17) is 0 Å². The van der Waals surface area contributed by atoms with Gasteiger partial charge in [-0.25, -0.2) is 4.98 Å². The first kappa shape index (κ1) is 11.5. The number of carbonyl (C=O) groups excluding carboxylic acids is 1. The summed E-state index contributed by atoms with van der Waals surface area (Å²) in [5.74, 6) is -0.00873. The van der Waals surface area contributed by atoms with Crippen LogP contribution in [0.15, 0.2) is 6.20 Å². The van der Waals surface area contributed by atoms with Gasteiger partial charge in [0, 0.05) is 13.1 Å². The summed E-state index contributed by atoms with van der Waals surface area (Å²) in [6, 6.07) is 0. The SMILES string of the molecule is Cc1ncc(C(=O)N2CCCC(C)(O)C2)s1. The molecule has 88 valence electrons. The van der Waals surface area contributed by atoms with Crippen molar-refractivity contribution in [1.29, 1.82) is 0 Å². The minimum atomic E-state index is -0.742. The Morgan fingerprint density at radius 3 is 3.00 bits per heavy atom. The van der Waals surface area contributed by atoms with E-state index in [1.165, 1.54) is 11.3 Å². The van der Waals surface area contributed by atoms with Crippen LogP contribution < -0.4 is 0 Å². The minimum absolute atomic E-state index is 0.00873. The van der Waals surface area contributed by atoms with E-state index in [0.29, 0.717) is 11.4 Å². The lowest BCUT2D eigenvalue weighted by molar-refractivity contribution is -0.0105. The molecule has 4 nitrogen and oxygen atoms in total. The molecule has 1 amide bonds. The zero-order valence-corrected chi connectivity index (χ0v) is 10.4. The Morgan fingerprint density at radius 2 is 2.44 bits per heavy atom. The fourth-order valence-corrected chi connectivity index (χ4v) is 2.75. The van der Waals surface area contributed by atoms with E-state index in [-0.39, 0.29) is 5.91 Å². The highest BCUT2D eigenvalue weighted by atomic mass is 32.1. The summed E-state index contributed by atoms with van der Waals surface area (Å²) in [6.45, 7) is 4.81. The van der Waals surface area contributed by atoms with Gasteiger partial charge in [0.1, 0.15) is 4.88 Å². The molecule has 1 aromatic rings. The molecule has 0 aliphatic carbocycles. The van der Waals surface area contributed by atoms with E-state index >= 15 is 0 Å². The van der Waals surface area contributed by atoms with Crippen molar-refractivity contribution in [3.05, 3.63) is 16.1 Å². The van der Waals surface area contributed by atoms with Crippen LogP contribution in [0.3, 0.4) is 0 Å². The Kier molecular flexibility index (Phi) is 2.99. The number of amides is 1. The Balaban J connectivity index is 2.10. The van der Waals surface area contributed by atoms with Gasteiger partial charge in [-0.3, -0.25) is 4.79 Å². The Hall–Kier alpha value is -0.940. The summed E-state index contributed by atoms with van der Waals surface area (Å²) in [6.07, 6.45) is 3.24. The molecule has 1 aromatic heterocycles. The number of aryl methyl sites for hydroxylation is 1. The molecular weight excluding hydrogens is 224 g/mol. The smallest absolute Gasteiger partial charge is 0.265 e. The second-order valence-electron chi connectivity index (χ2n) is 4.57. The third-order valence-electron chi connectivity index (χ3n) is 2.79. The molecule has 1 aliphatic heterocycles. The van der Waals surface area contributed by atoms with Gasteiger partial charge in [0.05, 0.1) is 16.8 Å². The number of piperidine rings is 1. The van der Waals surface area contributed by atoms with E-state index in [9.17, 15) is 9.90 Å². The number of β-amino-alcohol motifs (C(OH)–C–C–N with tert-alkyl or cyclic N) is 1. The molecule has 1 aliphatic rings. The zero-order chi connectivity index (χ0) is 11.8. The molecule has 2 heterocycles. The minimum Gasteiger partial charge on any atom is -0.388 e. The summed E-state index contributed by atoms with van der Waals surface area (Å²) in [5.41, 5.74) is -0.742. The van der Waals surface area contributed by atoms with Crippen LogP contribution in [0.2, 0.25) is 0 Å². The molecule has 2 rings (SSSR count). The van der Waals surface area contributed by atoms with Crippen LogP contribution in [0.4, 0.5) is 0 Å². The molecule has 16 heavy (non-hydrogen) atoms. The Morgan fingerprint density at radius 1 is 1.69 bits per heavy atom. The van der Waals surface area contributed by atoms with Crippen molar-refractivity contribution >= 4 is 17.2 Å². The molecule has 1 atom stereocenters. The number of rotatable bonds is 1. The lowest BCUT2D eigenvalue weighted by atomic mass is 9.95. The largest absolute Gasteiger partial charge is 0.388 e. The van der Waals surface area contributed by atoms with Gasteiger partial charge in [0.25, 0.3) is 5.91 Å². The van der Waals surface area contributed by atoms with Crippen LogP contribution in [-0.4, -0.2) is 39.6 Å². The summed E-state index contributed by atoms with van der Waals surface area (Å²) in [4.78, 5) is 18.5. The van der Waals surface area contributed by atoms with Crippen LogP contribution in [-0.2, 0) is 0 Å². The first-order valence-electron chi connectivity index (χ1n) is 5.42. The van der Waals surface area contributed by atoms with E-state index in [2.05, 4.69) is 4.98 Å². The summed E-state index contributed by atoms with van der Waals surface area (Å²) >= 11 is 1.41. The van der Waals surface area contributed by atoms with Crippen LogP contribution in [0.25, 0.3) is 0 Å². The number of carbonyl (C=O) groups is 1. The van der Waals surface area contributed by atoms with E-state index in [1.54, 1.807) is 18.0 Å². The average molecular weight is 240 g/mol. The van der Waals surface area contributed by atoms with Crippen LogP contribution in [0.5, 0.6) is 0 Å². The van der Waals surface area contributed by atoms with Gasteiger partial charge in [0.15, 0.2) is 0 Å². The first-order valence-corrected chi connectivity index (χ1v) is 6.24. The van der Waals surface area contributed by atoms with Crippen molar-refractivity contribution < 1.29 is 9.90 Å². The van der Waals surface area contributed by atoms with Gasteiger partial charge in [-0.1, -0.05) is 0 Å². The third-order valence-corrected chi connectivity index (χ3v) is 3.69. The zero-order valence-electron chi connectivity index (χ0n) is 9.56. The van der Waals surface area contributed by atoms with Crippen molar-refractivity contribution in [3.63, 3.8) is 0 Å². The topological polar surface area (TPSA) is 53.4 Å². The molecule has 5 heteroatoms. The fourth-order valence-electron chi connectivity index (χ4n) is 2.01. The van der Waals surface area contributed by atoms with Crippen LogP contribution in [0, 0.1) is 6.92 Å². The third kappa shape index (κ3) is 2.41. The maximum atomic E-state index is 12.1. The van der Waals surface area contributed by atoms with Gasteiger partial charge >= 0.3 is 0 Å². The van der Waals surface area contributed by atoms with Gasteiger partial charge in [0.2, 0.25) is 0 Å². The normalized spacial score (nSPS) is 25.8. The standard InChI is InChI=1S/C11H16N2O2S/c1-8-12-6-9(16-8)10(14)13-5-3-4-11(2,15)7-13/h6,15H,3-5,7H2,1-2H3. The second kappa shape index (κ2) is 4.14. The number of likely N-dealkylation sites (tertiary alicyclic amines) is 1. The van der Waals surface area contributed by atoms with Crippen molar-refractivity contribution in [2.45, 2.75) is 32.3 Å². The number of hydrogen-bond acceptors (Lipinski definition) is 4. The molecule has 1 saturated heterocycles. The average Bonchev–Trinajstić information content (AvgIpc) is 2.62. The molecule has 1 fully saturated rings. The Bertz CT molecular complexity index is 400. The predicted octanol–water partition coefficient (Wildman–Crippen LogP) is 1.44. The van der Waals surface area contributed by atoms with Crippen molar-refractivity contribution in [2.24, 2.45) is 0 Å². The Labute approximate surface area is 98.9 Å². The van der Waals surface area contributed by atoms with E-state index in [0.717, 1.165) is 24.4 Å². The first-order chi connectivity index (χ1) is 7.48. The molecular formula is C11H16N2O2S. The number of aromatic nitrogens is 1. The van der Waals surface area contributed by atoms with Crippen molar-refractivity contribution in [3.8, 4) is 0 Å². The number of thiazole rings is 1. The maximum absolute atomic E-state index is 12.1. The molecule has 0 saturated carbocycles. The molecule has 0 aromatic carbocycles. The summed E-state index contributed by atoms with van der Waals surface area (Å²) in [7, 11) is 0. The van der Waals surface area contributed by atoms with E-state index in [1.807, 2.05) is 6.92 Å². The number of nitrogens with zero attached hydrogens (tertiary/aromatic N) is 2. The summed E-state index contributed by atoms with van der Waals surface area (Å²) in [5, 5.41) is 10.8. The molecule has 0 radical (unpaired) electrons. The van der Waals surface area contributed by atoms with Crippen molar-refractivity contribution in [2.75, 3.05) is 13.1 Å². The molecule has 0 bridgehead atoms. The maximum Gasteiger partial charge on any atom is 0.265 e. The molecule has 1 N–H and O–H groups in total. The summed E-state index contributed by atoms with van der Waals surface area (Å²) < 4.78 is 0. The second-order valence-corrected chi connectivity index (χ2v) is 5.81. The monoisotopic (exact) mass is 240 g/mol. The van der Waals surface area contributed by atoms with Crippen molar-refractivity contribution in [1.82, 2.24) is 9.88 Å². The lowest BCUT2D eigenvalue weighted by Gasteiger charge is -2.36. The highest BCUT2D eigenvalue weighted by molar-refractivity contribution is 7.13. The van der Waals surface area contributed by atoms with Gasteiger partial charge in [-0.2, -0.15) is 0 Å². The predicted molar refractivity (Wildman–Crippen MR) is 62.6 cm³/mol. The quantitative estimate of drug-likeness (QED) is 0.808. The molecule has 1 unspecified atom stereocenters. The highest BCUT2D eigenvalue weighted by Gasteiger charge is 2.31. The van der Waals surface area contributed by atoms with Crippen LogP contribution in [0.1, 0.15) is 34.4 Å². The van der Waals surface area contributed by atoms with Gasteiger partial charge in [-0.15, -0.1) is 11.3 Å². The lowest BCUT2D eigenvalue weighted by Crippen LogP contribution is -2.48. The van der Waals surface area contributed by atoms with Gasteiger partial charge < -0.3 is 10.0 Å². The number of aliphatic hydroxyl groups is 1. The number of hydrogen-bond donors (Lipinski definition) is 1. The highest BCUT2D eigenvalue weighted by Crippen LogP contribution is 2.23. The fraction of sp³-hybridized carbons (Fsp3) is 0.636. The van der Waals surface area contributed by atoms with E-state index < -0.39 is 5.60 Å². The molecule has 0 spiro atoms.